The van der Waals surface area contributed by atoms with E-state index in [0.29, 0.717) is 23.7 Å². The molecule has 1 aromatic carbocycles. The topological polar surface area (TPSA) is 59.2 Å². The van der Waals surface area contributed by atoms with Gasteiger partial charge < -0.3 is 10.6 Å². The summed E-state index contributed by atoms with van der Waals surface area (Å²) >= 11 is 1.81. The smallest absolute Gasteiger partial charge is 0.227 e. The molecule has 3 aliphatic rings. The van der Waals surface area contributed by atoms with Crippen LogP contribution in [-0.2, 0) is 4.79 Å². The molecule has 4 atom stereocenters. The summed E-state index contributed by atoms with van der Waals surface area (Å²) in [7, 11) is 0. The van der Waals surface area contributed by atoms with E-state index < -0.39 is 0 Å². The lowest BCUT2D eigenvalue weighted by molar-refractivity contribution is -0.138. The number of benzene rings is 1. The van der Waals surface area contributed by atoms with Crippen molar-refractivity contribution in [2.24, 2.45) is 23.5 Å². The van der Waals surface area contributed by atoms with Crippen LogP contribution in [0.2, 0.25) is 0 Å². The average molecular weight is 428 g/mol. The van der Waals surface area contributed by atoms with Gasteiger partial charge in [-0.3, -0.25) is 4.79 Å². The van der Waals surface area contributed by atoms with Crippen LogP contribution in [0.15, 0.2) is 24.3 Å². The molecule has 148 valence electrons. The van der Waals surface area contributed by atoms with Crippen molar-refractivity contribution >= 4 is 52.3 Å². The van der Waals surface area contributed by atoms with Crippen molar-refractivity contribution in [1.29, 1.82) is 0 Å². The summed E-state index contributed by atoms with van der Waals surface area (Å²) in [5, 5.41) is 1.24. The fourth-order valence-electron chi connectivity index (χ4n) is 5.32. The molecule has 27 heavy (non-hydrogen) atoms. The first-order chi connectivity index (χ1) is 12.2. The van der Waals surface area contributed by atoms with Crippen molar-refractivity contribution in [3.05, 3.63) is 29.3 Å². The van der Waals surface area contributed by atoms with Gasteiger partial charge in [-0.2, -0.15) is 0 Å². The van der Waals surface area contributed by atoms with Crippen molar-refractivity contribution in [3.63, 3.8) is 0 Å². The first-order valence-corrected chi connectivity index (χ1v) is 10.4. The number of aromatic nitrogens is 1. The predicted octanol–water partition coefficient (Wildman–Crippen LogP) is 4.22. The first kappa shape index (κ1) is 20.8. The van der Waals surface area contributed by atoms with Gasteiger partial charge in [-0.05, 0) is 56.1 Å². The standard InChI is InChI=1S/C20H25N3OS.2ClH/c21-18-14-6-5-13(11-14)17(18)20(24)23-9-7-12(8-10-23)19-22-15-3-1-2-4-16(15)25-19;;/h1-4,12-14,17-18H,5-11,21H2;2*1H. The second-order valence-electron chi connectivity index (χ2n) is 8.06. The third kappa shape index (κ3) is 3.59. The molecular formula is C20H27Cl2N3OS. The lowest BCUT2D eigenvalue weighted by Gasteiger charge is -2.36. The van der Waals surface area contributed by atoms with E-state index >= 15 is 0 Å². The number of piperidine rings is 1. The highest BCUT2D eigenvalue weighted by Gasteiger charge is 2.50. The maximum absolute atomic E-state index is 13.0. The number of thiazole rings is 1. The van der Waals surface area contributed by atoms with Crippen molar-refractivity contribution in [1.82, 2.24) is 9.88 Å². The van der Waals surface area contributed by atoms with Gasteiger partial charge in [-0.15, -0.1) is 36.2 Å². The number of nitrogens with two attached hydrogens (primary N) is 1. The van der Waals surface area contributed by atoms with Crippen LogP contribution in [0, 0.1) is 17.8 Å². The Labute approximate surface area is 176 Å². The third-order valence-electron chi connectivity index (χ3n) is 6.73. The van der Waals surface area contributed by atoms with Crippen LogP contribution in [0.3, 0.4) is 0 Å². The minimum absolute atomic E-state index is 0. The van der Waals surface area contributed by atoms with Gasteiger partial charge in [-0.25, -0.2) is 4.98 Å². The maximum atomic E-state index is 13.0. The number of fused-ring (bicyclic) bond motifs is 3. The molecule has 2 bridgehead atoms. The summed E-state index contributed by atoms with van der Waals surface area (Å²) < 4.78 is 1.27. The minimum atomic E-state index is 0. The zero-order chi connectivity index (χ0) is 17.0. The van der Waals surface area contributed by atoms with E-state index in [4.69, 9.17) is 10.7 Å². The summed E-state index contributed by atoms with van der Waals surface area (Å²) in [4.78, 5) is 19.9. The Bertz CT molecular complexity index is 770. The fraction of sp³-hybridized carbons (Fsp3) is 0.600. The molecule has 7 heteroatoms. The second-order valence-corrected chi connectivity index (χ2v) is 9.12. The van der Waals surface area contributed by atoms with Crippen LogP contribution in [0.25, 0.3) is 10.2 Å². The largest absolute Gasteiger partial charge is 0.342 e. The fourth-order valence-corrected chi connectivity index (χ4v) is 6.46. The number of nitrogens with zero attached hydrogens (tertiary/aromatic N) is 2. The van der Waals surface area contributed by atoms with E-state index in [9.17, 15) is 4.79 Å². The van der Waals surface area contributed by atoms with Crippen molar-refractivity contribution in [3.8, 4) is 0 Å². The highest BCUT2D eigenvalue weighted by Crippen LogP contribution is 2.48. The molecule has 4 nitrogen and oxygen atoms in total. The van der Waals surface area contributed by atoms with E-state index in [1.165, 1.54) is 29.0 Å². The van der Waals surface area contributed by atoms with Gasteiger partial charge >= 0.3 is 0 Å². The molecule has 2 heterocycles. The van der Waals surface area contributed by atoms with Gasteiger partial charge in [-0.1, -0.05) is 12.1 Å². The van der Waals surface area contributed by atoms with E-state index in [0.717, 1.165) is 31.4 Å². The van der Waals surface area contributed by atoms with Gasteiger partial charge in [0.15, 0.2) is 0 Å². The molecule has 3 fully saturated rings. The Kier molecular flexibility index (Phi) is 6.36. The normalized spacial score (nSPS) is 30.2. The van der Waals surface area contributed by atoms with Crippen molar-refractivity contribution < 1.29 is 4.79 Å². The van der Waals surface area contributed by atoms with Gasteiger partial charge in [0.2, 0.25) is 5.91 Å². The number of rotatable bonds is 2. The quantitative estimate of drug-likeness (QED) is 0.779. The number of para-hydroxylation sites is 1. The van der Waals surface area contributed by atoms with Crippen molar-refractivity contribution in [2.75, 3.05) is 13.1 Å². The molecule has 2 aromatic rings. The lowest BCUT2D eigenvalue weighted by Crippen LogP contribution is -2.49. The molecule has 2 N–H and O–H groups in total. The molecular weight excluding hydrogens is 401 g/mol. The SMILES string of the molecule is Cl.Cl.NC1C2CCC(C2)C1C(=O)N1CCC(c2nc3ccccc3s2)CC1. The monoisotopic (exact) mass is 427 g/mol. The zero-order valence-corrected chi connectivity index (χ0v) is 17.7. The first-order valence-electron chi connectivity index (χ1n) is 9.60. The number of hydrogen-bond donors (Lipinski definition) is 1. The lowest BCUT2D eigenvalue weighted by atomic mass is 9.83. The number of carbonyl (C=O) groups excluding carboxylic acids is 1. The van der Waals surface area contributed by atoms with Gasteiger partial charge in [0, 0.05) is 25.0 Å². The zero-order valence-electron chi connectivity index (χ0n) is 15.3. The van der Waals surface area contributed by atoms with Crippen LogP contribution in [-0.4, -0.2) is 34.9 Å². The number of hydrogen-bond acceptors (Lipinski definition) is 4. The van der Waals surface area contributed by atoms with Gasteiger partial charge in [0.25, 0.3) is 0 Å². The molecule has 2 saturated carbocycles. The number of halogens is 2. The Morgan fingerprint density at radius 3 is 2.44 bits per heavy atom. The molecule has 0 spiro atoms. The summed E-state index contributed by atoms with van der Waals surface area (Å²) in [6, 6.07) is 8.46. The van der Waals surface area contributed by atoms with Gasteiger partial charge in [0.05, 0.1) is 21.1 Å². The van der Waals surface area contributed by atoms with Crippen LogP contribution in [0.5, 0.6) is 0 Å². The number of amides is 1. The predicted molar refractivity (Wildman–Crippen MR) is 115 cm³/mol. The highest BCUT2D eigenvalue weighted by molar-refractivity contribution is 7.18. The van der Waals surface area contributed by atoms with Crippen LogP contribution in [0.1, 0.15) is 43.0 Å². The Morgan fingerprint density at radius 1 is 1.07 bits per heavy atom. The summed E-state index contributed by atoms with van der Waals surface area (Å²) in [6.45, 7) is 1.72. The Morgan fingerprint density at radius 2 is 1.78 bits per heavy atom. The molecule has 5 rings (SSSR count). The molecule has 1 saturated heterocycles. The Balaban J connectivity index is 0.00000105. The summed E-state index contributed by atoms with van der Waals surface area (Å²) in [5.41, 5.74) is 7.48. The second kappa shape index (κ2) is 8.24. The highest BCUT2D eigenvalue weighted by atomic mass is 35.5. The molecule has 1 aliphatic heterocycles. The van der Waals surface area contributed by atoms with Crippen LogP contribution in [0.4, 0.5) is 0 Å². The van der Waals surface area contributed by atoms with Crippen LogP contribution >= 0.6 is 36.2 Å². The summed E-state index contributed by atoms with van der Waals surface area (Å²) in [6.07, 6.45) is 5.68. The number of likely N-dealkylation sites (tertiary alicyclic amines) is 1. The van der Waals surface area contributed by atoms with E-state index in [1.54, 1.807) is 0 Å². The average Bonchev–Trinajstić information content (AvgIpc) is 3.35. The maximum Gasteiger partial charge on any atom is 0.227 e. The van der Waals surface area contributed by atoms with E-state index in [-0.39, 0.29) is 36.8 Å². The van der Waals surface area contributed by atoms with Gasteiger partial charge in [0.1, 0.15) is 0 Å². The molecule has 4 unspecified atom stereocenters. The molecule has 2 aliphatic carbocycles. The molecule has 0 radical (unpaired) electrons. The van der Waals surface area contributed by atoms with Crippen molar-refractivity contribution in [2.45, 2.75) is 44.1 Å². The third-order valence-corrected chi connectivity index (χ3v) is 7.93. The molecule has 1 amide bonds. The Hall–Kier alpha value is -0.880. The van der Waals surface area contributed by atoms with E-state index in [2.05, 4.69) is 23.1 Å². The summed E-state index contributed by atoms with van der Waals surface area (Å²) in [5.74, 6) is 2.07. The number of carbonyl (C=O) groups is 1. The van der Waals surface area contributed by atoms with Crippen LogP contribution < -0.4 is 5.73 Å². The minimum Gasteiger partial charge on any atom is -0.342 e. The molecule has 1 aromatic heterocycles. The van der Waals surface area contributed by atoms with E-state index in [1.807, 2.05) is 17.4 Å².